The SMILES string of the molecule is [C]#CCOc1ccc(F)cc1. The van der Waals surface area contributed by atoms with Gasteiger partial charge in [-0.2, -0.15) is 0 Å². The molecule has 1 nitrogen and oxygen atoms in total. The molecule has 0 saturated heterocycles. The smallest absolute Gasteiger partial charge is 0.150 e. The molecule has 0 bridgehead atoms. The third kappa shape index (κ3) is 2.30. The van der Waals surface area contributed by atoms with Gasteiger partial charge in [-0.05, 0) is 36.6 Å². The van der Waals surface area contributed by atoms with Crippen molar-refractivity contribution in [2.24, 2.45) is 0 Å². The monoisotopic (exact) mass is 149 g/mol. The minimum absolute atomic E-state index is 0.103. The van der Waals surface area contributed by atoms with Crippen molar-refractivity contribution in [2.75, 3.05) is 6.61 Å². The number of halogens is 1. The van der Waals surface area contributed by atoms with Crippen molar-refractivity contribution in [1.29, 1.82) is 0 Å². The molecule has 1 radical (unpaired) electrons. The van der Waals surface area contributed by atoms with Crippen molar-refractivity contribution in [3.05, 3.63) is 36.5 Å². The Hall–Kier alpha value is -1.49. The van der Waals surface area contributed by atoms with Gasteiger partial charge in [0.25, 0.3) is 0 Å². The van der Waals surface area contributed by atoms with Crippen molar-refractivity contribution in [3.8, 4) is 11.7 Å². The summed E-state index contributed by atoms with van der Waals surface area (Å²) in [6.07, 6.45) is 6.55. The van der Waals surface area contributed by atoms with Gasteiger partial charge in [0.05, 0.1) is 0 Å². The maximum atomic E-state index is 12.3. The highest BCUT2D eigenvalue weighted by Gasteiger charge is 1.91. The second kappa shape index (κ2) is 3.62. The summed E-state index contributed by atoms with van der Waals surface area (Å²) in [6, 6.07) is 5.62. The normalized spacial score (nSPS) is 8.73. The fourth-order valence-electron chi connectivity index (χ4n) is 0.650. The number of hydrogen-bond donors (Lipinski definition) is 0. The van der Waals surface area contributed by atoms with E-state index in [0.29, 0.717) is 5.75 Å². The molecule has 0 saturated carbocycles. The van der Waals surface area contributed by atoms with Gasteiger partial charge in [-0.1, -0.05) is 0 Å². The molecule has 2 heteroatoms. The van der Waals surface area contributed by atoms with Crippen molar-refractivity contribution in [1.82, 2.24) is 0 Å². The molecule has 1 aromatic carbocycles. The lowest BCUT2D eigenvalue weighted by Gasteiger charge is -1.99. The summed E-state index contributed by atoms with van der Waals surface area (Å²) < 4.78 is 17.2. The van der Waals surface area contributed by atoms with E-state index in [9.17, 15) is 4.39 Å². The minimum Gasteiger partial charge on any atom is -0.481 e. The Morgan fingerprint density at radius 3 is 2.55 bits per heavy atom. The summed E-state index contributed by atoms with van der Waals surface area (Å²) in [5.74, 6) is 2.32. The zero-order chi connectivity index (χ0) is 8.10. The van der Waals surface area contributed by atoms with Crippen LogP contribution in [0.15, 0.2) is 24.3 Å². The van der Waals surface area contributed by atoms with Gasteiger partial charge in [-0.15, -0.1) is 0 Å². The van der Waals surface area contributed by atoms with Crippen molar-refractivity contribution in [2.45, 2.75) is 0 Å². The lowest BCUT2D eigenvalue weighted by Crippen LogP contribution is -1.92. The van der Waals surface area contributed by atoms with Crippen LogP contribution in [0, 0.1) is 18.2 Å². The number of hydrogen-bond acceptors (Lipinski definition) is 1. The fourth-order valence-corrected chi connectivity index (χ4v) is 0.650. The van der Waals surface area contributed by atoms with E-state index in [4.69, 9.17) is 11.2 Å². The second-order valence-electron chi connectivity index (χ2n) is 1.92. The first-order chi connectivity index (χ1) is 5.33. The van der Waals surface area contributed by atoms with E-state index >= 15 is 0 Å². The highest BCUT2D eigenvalue weighted by atomic mass is 19.1. The Labute approximate surface area is 64.8 Å². The van der Waals surface area contributed by atoms with Crippen LogP contribution in [0.1, 0.15) is 0 Å². The Kier molecular flexibility index (Phi) is 2.51. The zero-order valence-electron chi connectivity index (χ0n) is 5.80. The molecule has 0 fully saturated rings. The molecule has 0 heterocycles. The molecule has 0 aliphatic rings. The fraction of sp³-hybridized carbons (Fsp3) is 0.111. The van der Waals surface area contributed by atoms with E-state index in [2.05, 4.69) is 5.92 Å². The molecule has 0 N–H and O–H groups in total. The molecule has 55 valence electrons. The molecular formula is C9H6FO. The minimum atomic E-state index is -0.295. The Morgan fingerprint density at radius 2 is 2.00 bits per heavy atom. The molecule has 0 amide bonds. The first kappa shape index (κ1) is 7.62. The molecule has 0 unspecified atom stereocenters. The lowest BCUT2D eigenvalue weighted by atomic mass is 10.3. The van der Waals surface area contributed by atoms with Crippen LogP contribution in [0.25, 0.3) is 0 Å². The highest BCUT2D eigenvalue weighted by Crippen LogP contribution is 2.10. The van der Waals surface area contributed by atoms with Gasteiger partial charge in [0.2, 0.25) is 0 Å². The molecule has 11 heavy (non-hydrogen) atoms. The molecular weight excluding hydrogens is 143 g/mol. The maximum Gasteiger partial charge on any atom is 0.150 e. The Bertz CT molecular complexity index is 258. The van der Waals surface area contributed by atoms with E-state index in [0.717, 1.165) is 0 Å². The zero-order valence-corrected chi connectivity index (χ0v) is 5.80. The maximum absolute atomic E-state index is 12.3. The van der Waals surface area contributed by atoms with Gasteiger partial charge in [0, 0.05) is 0 Å². The summed E-state index contributed by atoms with van der Waals surface area (Å²) in [7, 11) is 0. The average molecular weight is 149 g/mol. The summed E-state index contributed by atoms with van der Waals surface area (Å²) in [5.41, 5.74) is 0. The van der Waals surface area contributed by atoms with Crippen LogP contribution in [0.4, 0.5) is 4.39 Å². The summed E-state index contributed by atoms with van der Waals surface area (Å²) >= 11 is 0. The van der Waals surface area contributed by atoms with Crippen LogP contribution in [-0.2, 0) is 0 Å². The number of rotatable bonds is 2. The van der Waals surface area contributed by atoms with E-state index in [1.54, 1.807) is 0 Å². The first-order valence-corrected chi connectivity index (χ1v) is 3.11. The summed E-state index contributed by atoms with van der Waals surface area (Å²) in [6.45, 7) is 0.103. The van der Waals surface area contributed by atoms with E-state index in [1.807, 2.05) is 0 Å². The molecule has 0 atom stereocenters. The van der Waals surface area contributed by atoms with Crippen LogP contribution in [0.2, 0.25) is 0 Å². The van der Waals surface area contributed by atoms with Crippen LogP contribution >= 0.6 is 0 Å². The van der Waals surface area contributed by atoms with Gasteiger partial charge in [0.1, 0.15) is 18.2 Å². The van der Waals surface area contributed by atoms with E-state index in [-0.39, 0.29) is 12.4 Å². The van der Waals surface area contributed by atoms with E-state index < -0.39 is 0 Å². The van der Waals surface area contributed by atoms with Gasteiger partial charge >= 0.3 is 0 Å². The van der Waals surface area contributed by atoms with E-state index in [1.165, 1.54) is 24.3 Å². The predicted molar refractivity (Wildman–Crippen MR) is 39.0 cm³/mol. The Morgan fingerprint density at radius 1 is 1.36 bits per heavy atom. The third-order valence-electron chi connectivity index (χ3n) is 1.12. The van der Waals surface area contributed by atoms with Gasteiger partial charge in [-0.3, -0.25) is 0 Å². The quantitative estimate of drug-likeness (QED) is 0.582. The average Bonchev–Trinajstić information content (AvgIpc) is 2.04. The predicted octanol–water partition coefficient (Wildman–Crippen LogP) is 1.79. The van der Waals surface area contributed by atoms with Crippen molar-refractivity contribution >= 4 is 0 Å². The van der Waals surface area contributed by atoms with Crippen LogP contribution in [0.5, 0.6) is 5.75 Å². The largest absolute Gasteiger partial charge is 0.481 e. The molecule has 1 aromatic rings. The first-order valence-electron chi connectivity index (χ1n) is 3.11. The van der Waals surface area contributed by atoms with Crippen LogP contribution in [-0.4, -0.2) is 6.61 Å². The van der Waals surface area contributed by atoms with Gasteiger partial charge in [-0.25, -0.2) is 4.39 Å². The topological polar surface area (TPSA) is 9.23 Å². The lowest BCUT2D eigenvalue weighted by molar-refractivity contribution is 0.369. The van der Waals surface area contributed by atoms with Gasteiger partial charge < -0.3 is 4.74 Å². The number of ether oxygens (including phenoxy) is 1. The third-order valence-corrected chi connectivity index (χ3v) is 1.12. The summed E-state index contributed by atoms with van der Waals surface area (Å²) in [4.78, 5) is 0. The molecule has 1 rings (SSSR count). The second-order valence-corrected chi connectivity index (χ2v) is 1.92. The molecule has 0 aliphatic heterocycles. The summed E-state index contributed by atoms with van der Waals surface area (Å²) in [5, 5.41) is 0. The molecule has 0 spiro atoms. The standard InChI is InChI=1S/C9H6FO/c1-2-7-11-9-5-3-8(10)4-6-9/h3-6H,7H2. The molecule has 0 aliphatic carbocycles. The van der Waals surface area contributed by atoms with Gasteiger partial charge in [0.15, 0.2) is 0 Å². The molecule has 0 aromatic heterocycles. The van der Waals surface area contributed by atoms with Crippen LogP contribution in [0.3, 0.4) is 0 Å². The van der Waals surface area contributed by atoms with Crippen molar-refractivity contribution < 1.29 is 9.13 Å². The van der Waals surface area contributed by atoms with Crippen LogP contribution < -0.4 is 4.74 Å². The number of benzene rings is 1. The van der Waals surface area contributed by atoms with Crippen molar-refractivity contribution in [3.63, 3.8) is 0 Å². The Balaban J connectivity index is 2.60. The highest BCUT2D eigenvalue weighted by molar-refractivity contribution is 5.22.